The highest BCUT2D eigenvalue weighted by Crippen LogP contribution is 2.36. The van der Waals surface area contributed by atoms with Gasteiger partial charge in [-0.05, 0) is 62.6 Å². The molecule has 1 aromatic carbocycles. The molecule has 1 N–H and O–H groups in total. The van der Waals surface area contributed by atoms with Gasteiger partial charge in [0.15, 0.2) is 0 Å². The number of methoxy groups -OCH3 is 1. The lowest BCUT2D eigenvalue weighted by Gasteiger charge is -2.25. The Bertz CT molecular complexity index is 489. The van der Waals surface area contributed by atoms with Crippen LogP contribution < -0.4 is 4.74 Å². The van der Waals surface area contributed by atoms with E-state index >= 15 is 0 Å². The second-order valence-electron chi connectivity index (χ2n) is 5.97. The molecule has 1 aliphatic rings. The Balaban J connectivity index is 2.39. The van der Waals surface area contributed by atoms with Gasteiger partial charge in [-0.3, -0.25) is 4.79 Å². The average molecular weight is 262 g/mol. The summed E-state index contributed by atoms with van der Waals surface area (Å²) in [6.07, 6.45) is 5.07. The van der Waals surface area contributed by atoms with Crippen molar-refractivity contribution in [2.75, 3.05) is 7.11 Å². The second kappa shape index (κ2) is 5.24. The molecule has 2 rings (SSSR count). The number of hydrogen-bond donors (Lipinski definition) is 1. The van der Waals surface area contributed by atoms with E-state index in [-0.39, 0.29) is 0 Å². The smallest absolute Gasteiger partial charge is 0.309 e. The molecule has 0 bridgehead atoms. The van der Waals surface area contributed by atoms with Crippen molar-refractivity contribution in [3.05, 3.63) is 28.8 Å². The first kappa shape index (κ1) is 13.9. The van der Waals surface area contributed by atoms with Crippen molar-refractivity contribution >= 4 is 5.97 Å². The van der Waals surface area contributed by atoms with Gasteiger partial charge in [0.2, 0.25) is 0 Å². The molecule has 0 atom stereocenters. The summed E-state index contributed by atoms with van der Waals surface area (Å²) in [7, 11) is 1.68. The number of carbonyl (C=O) groups is 1. The molecular weight excluding hydrogens is 240 g/mol. The molecule has 0 aromatic heterocycles. The maximum Gasteiger partial charge on any atom is 0.309 e. The summed E-state index contributed by atoms with van der Waals surface area (Å²) in [6.45, 7) is 3.52. The Morgan fingerprint density at radius 3 is 2.63 bits per heavy atom. The highest BCUT2D eigenvalue weighted by Gasteiger charge is 2.29. The van der Waals surface area contributed by atoms with E-state index in [9.17, 15) is 9.90 Å². The van der Waals surface area contributed by atoms with Gasteiger partial charge in [-0.25, -0.2) is 0 Å². The summed E-state index contributed by atoms with van der Waals surface area (Å²) in [6, 6.07) is 4.18. The molecule has 0 saturated carbocycles. The fraction of sp³-hybridized carbons (Fsp3) is 0.562. The largest absolute Gasteiger partial charge is 0.496 e. The van der Waals surface area contributed by atoms with Gasteiger partial charge in [-0.1, -0.05) is 12.1 Å². The zero-order chi connectivity index (χ0) is 14.0. The number of ether oxygens (including phenoxy) is 1. The zero-order valence-corrected chi connectivity index (χ0v) is 12.0. The standard InChI is InChI=1S/C16H22O3/c1-16(2,15(17)18)10-12-9-8-11-6-4-5-7-13(11)14(12)19-3/h8-9H,4-7,10H2,1-3H3,(H,17,18). The summed E-state index contributed by atoms with van der Waals surface area (Å²) in [5, 5.41) is 9.26. The molecule has 3 heteroatoms. The third-order valence-corrected chi connectivity index (χ3v) is 3.98. The minimum Gasteiger partial charge on any atom is -0.496 e. The SMILES string of the molecule is COc1c(CC(C)(C)C(=O)O)ccc2c1CCCC2. The summed E-state index contributed by atoms with van der Waals surface area (Å²) in [5.74, 6) is 0.138. The summed E-state index contributed by atoms with van der Waals surface area (Å²) in [4.78, 5) is 11.3. The number of carboxylic acids is 1. The quantitative estimate of drug-likeness (QED) is 0.906. The maximum absolute atomic E-state index is 11.3. The van der Waals surface area contributed by atoms with Gasteiger partial charge >= 0.3 is 5.97 Å². The van der Waals surface area contributed by atoms with E-state index in [1.807, 2.05) is 6.07 Å². The van der Waals surface area contributed by atoms with E-state index in [1.165, 1.54) is 24.0 Å². The summed E-state index contributed by atoms with van der Waals surface area (Å²) < 4.78 is 5.58. The number of rotatable bonds is 4. The van der Waals surface area contributed by atoms with E-state index in [0.717, 1.165) is 24.2 Å². The van der Waals surface area contributed by atoms with Crippen LogP contribution in [0.5, 0.6) is 5.75 Å². The molecule has 0 spiro atoms. The van der Waals surface area contributed by atoms with Gasteiger partial charge in [0, 0.05) is 0 Å². The van der Waals surface area contributed by atoms with Gasteiger partial charge in [0.05, 0.1) is 12.5 Å². The third-order valence-electron chi connectivity index (χ3n) is 3.98. The molecule has 104 valence electrons. The Morgan fingerprint density at radius 1 is 1.32 bits per heavy atom. The normalized spacial score (nSPS) is 14.9. The molecule has 0 amide bonds. The highest BCUT2D eigenvalue weighted by atomic mass is 16.5. The first-order valence-electron chi connectivity index (χ1n) is 6.87. The van der Waals surface area contributed by atoms with Crippen molar-refractivity contribution in [1.29, 1.82) is 0 Å². The molecule has 1 aliphatic carbocycles. The molecular formula is C16H22O3. The lowest BCUT2D eigenvalue weighted by Crippen LogP contribution is -2.26. The van der Waals surface area contributed by atoms with Crippen LogP contribution >= 0.6 is 0 Å². The molecule has 0 fully saturated rings. The second-order valence-corrected chi connectivity index (χ2v) is 5.97. The minimum absolute atomic E-state index is 0.499. The predicted octanol–water partition coefficient (Wildman–Crippen LogP) is 3.23. The van der Waals surface area contributed by atoms with E-state index in [0.29, 0.717) is 6.42 Å². The van der Waals surface area contributed by atoms with Crippen molar-refractivity contribution in [3.63, 3.8) is 0 Å². The van der Waals surface area contributed by atoms with Gasteiger partial charge < -0.3 is 9.84 Å². The van der Waals surface area contributed by atoms with Crippen molar-refractivity contribution < 1.29 is 14.6 Å². The molecule has 0 saturated heterocycles. The molecule has 0 unspecified atom stereocenters. The molecule has 0 heterocycles. The van der Waals surface area contributed by atoms with E-state index in [4.69, 9.17) is 4.74 Å². The van der Waals surface area contributed by atoms with Crippen LogP contribution in [-0.4, -0.2) is 18.2 Å². The Hall–Kier alpha value is -1.51. The van der Waals surface area contributed by atoms with Gasteiger partial charge in [0.1, 0.15) is 5.75 Å². The van der Waals surface area contributed by atoms with Crippen molar-refractivity contribution in [2.45, 2.75) is 46.0 Å². The van der Waals surface area contributed by atoms with Crippen LogP contribution in [0.25, 0.3) is 0 Å². The van der Waals surface area contributed by atoms with Gasteiger partial charge in [-0.2, -0.15) is 0 Å². The van der Waals surface area contributed by atoms with Crippen LogP contribution in [0.15, 0.2) is 12.1 Å². The van der Waals surface area contributed by atoms with Crippen LogP contribution in [0, 0.1) is 5.41 Å². The van der Waals surface area contributed by atoms with Crippen LogP contribution in [0.1, 0.15) is 43.4 Å². The van der Waals surface area contributed by atoms with E-state index in [1.54, 1.807) is 21.0 Å². The number of hydrogen-bond acceptors (Lipinski definition) is 2. The average Bonchev–Trinajstić information content (AvgIpc) is 2.38. The highest BCUT2D eigenvalue weighted by molar-refractivity contribution is 5.74. The van der Waals surface area contributed by atoms with Crippen LogP contribution in [0.4, 0.5) is 0 Å². The molecule has 0 aliphatic heterocycles. The molecule has 19 heavy (non-hydrogen) atoms. The molecule has 3 nitrogen and oxygen atoms in total. The van der Waals surface area contributed by atoms with Crippen molar-refractivity contribution in [1.82, 2.24) is 0 Å². The minimum atomic E-state index is -0.771. The predicted molar refractivity (Wildman–Crippen MR) is 74.8 cm³/mol. The molecule has 1 aromatic rings. The lowest BCUT2D eigenvalue weighted by atomic mass is 9.82. The Kier molecular flexibility index (Phi) is 3.83. The monoisotopic (exact) mass is 262 g/mol. The first-order valence-corrected chi connectivity index (χ1v) is 6.87. The van der Waals surface area contributed by atoms with Gasteiger partial charge in [0.25, 0.3) is 0 Å². The van der Waals surface area contributed by atoms with E-state index in [2.05, 4.69) is 6.07 Å². The van der Waals surface area contributed by atoms with Crippen LogP contribution in [-0.2, 0) is 24.1 Å². The summed E-state index contributed by atoms with van der Waals surface area (Å²) in [5.41, 5.74) is 2.89. The fourth-order valence-electron chi connectivity index (χ4n) is 2.79. The van der Waals surface area contributed by atoms with Crippen molar-refractivity contribution in [2.24, 2.45) is 5.41 Å². The number of benzene rings is 1. The third kappa shape index (κ3) is 2.75. The number of aliphatic carboxylic acids is 1. The number of carboxylic acid groups (broad SMARTS) is 1. The number of fused-ring (bicyclic) bond motifs is 1. The topological polar surface area (TPSA) is 46.5 Å². The molecule has 0 radical (unpaired) electrons. The fourth-order valence-corrected chi connectivity index (χ4v) is 2.79. The van der Waals surface area contributed by atoms with E-state index < -0.39 is 11.4 Å². The van der Waals surface area contributed by atoms with Crippen LogP contribution in [0.2, 0.25) is 0 Å². The Morgan fingerprint density at radius 2 is 2.00 bits per heavy atom. The summed E-state index contributed by atoms with van der Waals surface area (Å²) >= 11 is 0. The zero-order valence-electron chi connectivity index (χ0n) is 12.0. The Labute approximate surface area is 114 Å². The first-order chi connectivity index (χ1) is 8.95. The van der Waals surface area contributed by atoms with Gasteiger partial charge in [-0.15, -0.1) is 0 Å². The van der Waals surface area contributed by atoms with Crippen LogP contribution in [0.3, 0.4) is 0 Å². The number of aryl methyl sites for hydroxylation is 1. The maximum atomic E-state index is 11.3. The van der Waals surface area contributed by atoms with Crippen molar-refractivity contribution in [3.8, 4) is 5.75 Å². The lowest BCUT2D eigenvalue weighted by molar-refractivity contribution is -0.146.